The minimum absolute atomic E-state index is 0.0382. The van der Waals surface area contributed by atoms with Crippen molar-refractivity contribution >= 4 is 0 Å². The van der Waals surface area contributed by atoms with Crippen LogP contribution < -0.4 is 0 Å². The SMILES string of the molecule is CCCOCCOCCOCCOCCOCCOCCOCCO. The number of aliphatic hydroxyl groups excluding tert-OH is 1. The molecule has 0 unspecified atom stereocenters. The van der Waals surface area contributed by atoms with Gasteiger partial charge in [-0.25, -0.2) is 0 Å². The van der Waals surface area contributed by atoms with Crippen LogP contribution >= 0.6 is 0 Å². The molecular weight excluding hydrogens is 332 g/mol. The van der Waals surface area contributed by atoms with E-state index < -0.39 is 0 Å². The summed E-state index contributed by atoms with van der Waals surface area (Å²) in [7, 11) is 0. The topological polar surface area (TPSA) is 84.8 Å². The molecule has 0 aliphatic carbocycles. The molecule has 0 aromatic heterocycles. The molecule has 0 bridgehead atoms. The summed E-state index contributed by atoms with van der Waals surface area (Å²) >= 11 is 0. The third-order valence-electron chi connectivity index (χ3n) is 2.82. The Morgan fingerprint density at radius 1 is 0.400 bits per heavy atom. The second kappa shape index (κ2) is 23.7. The highest BCUT2D eigenvalue weighted by molar-refractivity contribution is 4.37. The summed E-state index contributed by atoms with van der Waals surface area (Å²) < 4.78 is 37.1. The van der Waals surface area contributed by atoms with E-state index in [1.807, 2.05) is 0 Å². The van der Waals surface area contributed by atoms with Crippen molar-refractivity contribution in [3.8, 4) is 0 Å². The number of hydrogen-bond donors (Lipinski definition) is 1. The molecule has 8 nitrogen and oxygen atoms in total. The van der Waals surface area contributed by atoms with E-state index >= 15 is 0 Å². The molecule has 0 atom stereocenters. The zero-order valence-corrected chi connectivity index (χ0v) is 15.6. The van der Waals surface area contributed by atoms with E-state index in [1.165, 1.54) is 0 Å². The van der Waals surface area contributed by atoms with Gasteiger partial charge in [-0.05, 0) is 6.42 Å². The van der Waals surface area contributed by atoms with Crippen molar-refractivity contribution in [2.75, 3.05) is 99.1 Å². The van der Waals surface area contributed by atoms with E-state index in [2.05, 4.69) is 6.92 Å². The number of rotatable bonds is 22. The van der Waals surface area contributed by atoms with Crippen molar-refractivity contribution in [3.63, 3.8) is 0 Å². The van der Waals surface area contributed by atoms with Gasteiger partial charge in [0, 0.05) is 6.61 Å². The maximum atomic E-state index is 8.51. The standard InChI is InChI=1S/C17H36O8/c1-2-4-19-6-8-21-10-12-23-14-16-25-17-15-24-13-11-22-9-7-20-5-3-18/h18H,2-17H2,1H3. The molecule has 0 aliphatic heterocycles. The van der Waals surface area contributed by atoms with Crippen LogP contribution in [0.15, 0.2) is 0 Å². The predicted octanol–water partition coefficient (Wildman–Crippen LogP) is 0.505. The van der Waals surface area contributed by atoms with E-state index in [-0.39, 0.29) is 6.61 Å². The maximum Gasteiger partial charge on any atom is 0.0701 e. The van der Waals surface area contributed by atoms with Gasteiger partial charge in [0.1, 0.15) is 0 Å². The Kier molecular flexibility index (Phi) is 23.4. The zero-order chi connectivity index (χ0) is 18.3. The molecule has 0 aromatic rings. The van der Waals surface area contributed by atoms with Crippen molar-refractivity contribution in [1.82, 2.24) is 0 Å². The van der Waals surface area contributed by atoms with Crippen molar-refractivity contribution in [2.24, 2.45) is 0 Å². The lowest BCUT2D eigenvalue weighted by Gasteiger charge is -2.08. The van der Waals surface area contributed by atoms with Gasteiger partial charge in [-0.15, -0.1) is 0 Å². The quantitative estimate of drug-likeness (QED) is 0.277. The lowest BCUT2D eigenvalue weighted by molar-refractivity contribution is -0.0214. The first-order chi connectivity index (χ1) is 12.4. The Hall–Kier alpha value is -0.320. The monoisotopic (exact) mass is 368 g/mol. The second-order valence-corrected chi connectivity index (χ2v) is 5.01. The molecule has 0 aliphatic rings. The van der Waals surface area contributed by atoms with Crippen LogP contribution in [0.2, 0.25) is 0 Å². The maximum absolute atomic E-state index is 8.51. The molecule has 0 spiro atoms. The van der Waals surface area contributed by atoms with Crippen molar-refractivity contribution in [2.45, 2.75) is 13.3 Å². The smallest absolute Gasteiger partial charge is 0.0701 e. The van der Waals surface area contributed by atoms with Crippen molar-refractivity contribution < 1.29 is 38.3 Å². The largest absolute Gasteiger partial charge is 0.394 e. The Bertz CT molecular complexity index is 209. The summed E-state index contributed by atoms with van der Waals surface area (Å²) in [6, 6.07) is 0. The van der Waals surface area contributed by atoms with Gasteiger partial charge < -0.3 is 38.3 Å². The van der Waals surface area contributed by atoms with Crippen LogP contribution in [0.4, 0.5) is 0 Å². The molecular formula is C17H36O8. The first-order valence-electron chi connectivity index (χ1n) is 9.06. The predicted molar refractivity (Wildman–Crippen MR) is 93.1 cm³/mol. The molecule has 0 radical (unpaired) electrons. The summed E-state index contributed by atoms with van der Waals surface area (Å²) in [4.78, 5) is 0. The van der Waals surface area contributed by atoms with Gasteiger partial charge in [0.05, 0.1) is 92.5 Å². The molecule has 8 heteroatoms. The molecule has 0 saturated carbocycles. The fourth-order valence-corrected chi connectivity index (χ4v) is 1.63. The summed E-state index contributed by atoms with van der Waals surface area (Å²) in [6.45, 7) is 9.84. The number of aliphatic hydroxyl groups is 1. The molecule has 0 amide bonds. The fourth-order valence-electron chi connectivity index (χ4n) is 1.63. The van der Waals surface area contributed by atoms with Crippen molar-refractivity contribution in [3.05, 3.63) is 0 Å². The van der Waals surface area contributed by atoms with Gasteiger partial charge in [-0.1, -0.05) is 6.92 Å². The minimum Gasteiger partial charge on any atom is -0.394 e. The highest BCUT2D eigenvalue weighted by Gasteiger charge is 1.94. The van der Waals surface area contributed by atoms with Gasteiger partial charge >= 0.3 is 0 Å². The van der Waals surface area contributed by atoms with Gasteiger partial charge in [-0.3, -0.25) is 0 Å². The van der Waals surface area contributed by atoms with Crippen LogP contribution in [0, 0.1) is 0 Å². The zero-order valence-electron chi connectivity index (χ0n) is 15.6. The van der Waals surface area contributed by atoms with Crippen LogP contribution in [0.5, 0.6) is 0 Å². The van der Waals surface area contributed by atoms with Crippen molar-refractivity contribution in [1.29, 1.82) is 0 Å². The van der Waals surface area contributed by atoms with E-state index in [9.17, 15) is 0 Å². The highest BCUT2D eigenvalue weighted by Crippen LogP contribution is 1.85. The third-order valence-corrected chi connectivity index (χ3v) is 2.82. The summed E-state index contributed by atoms with van der Waals surface area (Å²) in [5, 5.41) is 8.51. The first kappa shape index (κ1) is 24.7. The van der Waals surface area contributed by atoms with Crippen LogP contribution in [0.3, 0.4) is 0 Å². The molecule has 25 heavy (non-hydrogen) atoms. The normalized spacial score (nSPS) is 11.3. The van der Waals surface area contributed by atoms with Crippen LogP contribution in [-0.2, 0) is 33.2 Å². The third kappa shape index (κ3) is 23.7. The van der Waals surface area contributed by atoms with E-state index in [0.717, 1.165) is 13.0 Å². The lowest BCUT2D eigenvalue weighted by atomic mass is 10.5. The molecule has 0 aromatic carbocycles. The van der Waals surface area contributed by atoms with Gasteiger partial charge in [0.2, 0.25) is 0 Å². The summed E-state index contributed by atoms with van der Waals surface area (Å²) in [6.07, 6.45) is 1.03. The van der Waals surface area contributed by atoms with E-state index in [4.69, 9.17) is 38.3 Å². The first-order valence-corrected chi connectivity index (χ1v) is 9.06. The van der Waals surface area contributed by atoms with Gasteiger partial charge in [0.25, 0.3) is 0 Å². The Morgan fingerprint density at radius 3 is 0.880 bits per heavy atom. The van der Waals surface area contributed by atoms with Crippen LogP contribution in [0.25, 0.3) is 0 Å². The Balaban J connectivity index is 2.94. The van der Waals surface area contributed by atoms with Gasteiger partial charge in [0.15, 0.2) is 0 Å². The lowest BCUT2D eigenvalue weighted by Crippen LogP contribution is -2.14. The average molecular weight is 368 g/mol. The van der Waals surface area contributed by atoms with E-state index in [1.54, 1.807) is 0 Å². The number of ether oxygens (including phenoxy) is 7. The Morgan fingerprint density at radius 2 is 0.640 bits per heavy atom. The highest BCUT2D eigenvalue weighted by atomic mass is 16.6. The second-order valence-electron chi connectivity index (χ2n) is 5.01. The van der Waals surface area contributed by atoms with Crippen LogP contribution in [-0.4, -0.2) is 104 Å². The Labute approximate surface area is 151 Å². The fraction of sp³-hybridized carbons (Fsp3) is 1.00. The summed E-state index contributed by atoms with van der Waals surface area (Å²) in [5.41, 5.74) is 0. The summed E-state index contributed by atoms with van der Waals surface area (Å²) in [5.74, 6) is 0. The molecule has 0 rings (SSSR count). The van der Waals surface area contributed by atoms with Crippen LogP contribution in [0.1, 0.15) is 13.3 Å². The number of hydrogen-bond acceptors (Lipinski definition) is 8. The van der Waals surface area contributed by atoms with E-state index in [0.29, 0.717) is 85.9 Å². The molecule has 0 saturated heterocycles. The average Bonchev–Trinajstić information content (AvgIpc) is 2.63. The minimum atomic E-state index is 0.0382. The molecule has 1 N–H and O–H groups in total. The molecule has 0 heterocycles. The molecule has 0 fully saturated rings. The van der Waals surface area contributed by atoms with Gasteiger partial charge in [-0.2, -0.15) is 0 Å². The molecule has 152 valence electrons.